The Labute approximate surface area is 122 Å². The number of rotatable bonds is 4. The van der Waals surface area contributed by atoms with Crippen molar-refractivity contribution >= 4 is 39.3 Å². The molecule has 8 nitrogen and oxygen atoms in total. The number of nitrogens with one attached hydrogen (secondary N) is 2. The predicted octanol–water partition coefficient (Wildman–Crippen LogP) is 2.34. The summed E-state index contributed by atoms with van der Waals surface area (Å²) in [6.07, 6.45) is 0. The average molecular weight is 346 g/mol. The molecule has 3 N–H and O–H groups in total. The van der Waals surface area contributed by atoms with Gasteiger partial charge in [0.15, 0.2) is 0 Å². The van der Waals surface area contributed by atoms with E-state index in [1.807, 2.05) is 0 Å². The Bertz CT molecular complexity index is 573. The van der Waals surface area contributed by atoms with Gasteiger partial charge in [-0.05, 0) is 35.8 Å². The van der Waals surface area contributed by atoms with Crippen molar-refractivity contribution in [2.24, 2.45) is 0 Å². The Morgan fingerprint density at radius 2 is 2.00 bits per heavy atom. The monoisotopic (exact) mass is 345 g/mol. The van der Waals surface area contributed by atoms with Gasteiger partial charge in [0.2, 0.25) is 0 Å². The lowest BCUT2D eigenvalue weighted by Gasteiger charge is -2.21. The maximum absolute atomic E-state index is 11.7. The standard InChI is InChI=1S/C11H12BrN3O5/c1-11(2,9(16)17)14-10(18)13-8-4-3-6(15(19)20)5-7(8)12/h3-5H,1-2H3,(H,16,17)(H2,13,14,18). The molecule has 2 amide bonds. The van der Waals surface area contributed by atoms with Crippen molar-refractivity contribution < 1.29 is 19.6 Å². The number of anilines is 1. The van der Waals surface area contributed by atoms with Crippen LogP contribution in [0.5, 0.6) is 0 Å². The molecule has 0 aliphatic rings. The normalized spacial score (nSPS) is 10.8. The van der Waals surface area contributed by atoms with Crippen LogP contribution in [0.1, 0.15) is 13.8 Å². The number of hydrogen-bond acceptors (Lipinski definition) is 4. The molecule has 0 heterocycles. The SMILES string of the molecule is CC(C)(NC(=O)Nc1ccc([N+](=O)[O-])cc1Br)C(=O)O. The van der Waals surface area contributed by atoms with Crippen molar-refractivity contribution in [2.45, 2.75) is 19.4 Å². The van der Waals surface area contributed by atoms with Crippen molar-refractivity contribution in [3.63, 3.8) is 0 Å². The number of benzene rings is 1. The fourth-order valence-corrected chi connectivity index (χ4v) is 1.68. The van der Waals surface area contributed by atoms with Gasteiger partial charge in [-0.1, -0.05) is 0 Å². The number of carbonyl (C=O) groups excluding carboxylic acids is 1. The van der Waals surface area contributed by atoms with E-state index >= 15 is 0 Å². The van der Waals surface area contributed by atoms with Gasteiger partial charge in [-0.3, -0.25) is 10.1 Å². The van der Waals surface area contributed by atoms with Crippen molar-refractivity contribution in [1.82, 2.24) is 5.32 Å². The van der Waals surface area contributed by atoms with Gasteiger partial charge in [0.1, 0.15) is 5.54 Å². The lowest BCUT2D eigenvalue weighted by molar-refractivity contribution is -0.384. The van der Waals surface area contributed by atoms with Crippen molar-refractivity contribution in [2.75, 3.05) is 5.32 Å². The summed E-state index contributed by atoms with van der Waals surface area (Å²) in [5.41, 5.74) is -1.28. The first-order chi connectivity index (χ1) is 9.13. The van der Waals surface area contributed by atoms with E-state index in [9.17, 15) is 19.7 Å². The fourth-order valence-electron chi connectivity index (χ4n) is 1.21. The van der Waals surface area contributed by atoms with Crippen LogP contribution < -0.4 is 10.6 Å². The highest BCUT2D eigenvalue weighted by Gasteiger charge is 2.29. The number of carbonyl (C=O) groups is 2. The average Bonchev–Trinajstić information content (AvgIpc) is 2.30. The molecule has 0 radical (unpaired) electrons. The summed E-state index contributed by atoms with van der Waals surface area (Å²) < 4.78 is 0.315. The third-order valence-electron chi connectivity index (χ3n) is 2.37. The van der Waals surface area contributed by atoms with E-state index < -0.39 is 22.5 Å². The van der Waals surface area contributed by atoms with E-state index in [0.717, 1.165) is 0 Å². The summed E-state index contributed by atoms with van der Waals surface area (Å²) in [4.78, 5) is 32.5. The van der Waals surface area contributed by atoms with E-state index in [1.165, 1.54) is 32.0 Å². The number of aliphatic carboxylic acids is 1. The lowest BCUT2D eigenvalue weighted by atomic mass is 10.1. The van der Waals surface area contributed by atoms with Crippen LogP contribution in [0.15, 0.2) is 22.7 Å². The quantitative estimate of drug-likeness (QED) is 0.571. The minimum atomic E-state index is -1.43. The molecule has 20 heavy (non-hydrogen) atoms. The second-order valence-corrected chi connectivity index (χ2v) is 5.28. The molecule has 108 valence electrons. The van der Waals surface area contributed by atoms with Gasteiger partial charge in [-0.15, -0.1) is 0 Å². The molecule has 0 unspecified atom stereocenters. The Balaban J connectivity index is 2.82. The molecule has 1 aromatic carbocycles. The number of amides is 2. The minimum Gasteiger partial charge on any atom is -0.480 e. The van der Waals surface area contributed by atoms with Crippen LogP contribution in [0, 0.1) is 10.1 Å². The number of urea groups is 1. The van der Waals surface area contributed by atoms with Gasteiger partial charge in [-0.25, -0.2) is 9.59 Å². The number of nitro groups is 1. The highest BCUT2D eigenvalue weighted by atomic mass is 79.9. The molecule has 9 heteroatoms. The van der Waals surface area contributed by atoms with Gasteiger partial charge < -0.3 is 15.7 Å². The van der Waals surface area contributed by atoms with Crippen LogP contribution in [0.25, 0.3) is 0 Å². The Hall–Kier alpha value is -2.16. The molecule has 0 aromatic heterocycles. The predicted molar refractivity (Wildman–Crippen MR) is 74.7 cm³/mol. The maximum Gasteiger partial charge on any atom is 0.328 e. The number of non-ortho nitro benzene ring substituents is 1. The Morgan fingerprint density at radius 1 is 1.40 bits per heavy atom. The maximum atomic E-state index is 11.7. The van der Waals surface area contributed by atoms with Gasteiger partial charge in [0.25, 0.3) is 5.69 Å². The summed E-state index contributed by atoms with van der Waals surface area (Å²) in [6, 6.07) is 3.07. The number of nitrogens with zero attached hydrogens (tertiary/aromatic N) is 1. The van der Waals surface area contributed by atoms with Gasteiger partial charge in [0.05, 0.1) is 10.6 Å². The highest BCUT2D eigenvalue weighted by Crippen LogP contribution is 2.27. The molecule has 0 spiro atoms. The molecule has 0 saturated heterocycles. The second kappa shape index (κ2) is 5.87. The third-order valence-corrected chi connectivity index (χ3v) is 3.03. The van der Waals surface area contributed by atoms with Crippen molar-refractivity contribution in [3.8, 4) is 0 Å². The molecule has 0 bridgehead atoms. The molecular weight excluding hydrogens is 334 g/mol. The van der Waals surface area contributed by atoms with Crippen molar-refractivity contribution in [3.05, 3.63) is 32.8 Å². The Morgan fingerprint density at radius 3 is 2.45 bits per heavy atom. The van der Waals surface area contributed by atoms with Gasteiger partial charge >= 0.3 is 12.0 Å². The second-order valence-electron chi connectivity index (χ2n) is 4.43. The number of carboxylic acids is 1. The summed E-state index contributed by atoms with van der Waals surface area (Å²) >= 11 is 3.09. The summed E-state index contributed by atoms with van der Waals surface area (Å²) in [7, 11) is 0. The number of hydrogen-bond donors (Lipinski definition) is 3. The molecule has 0 aliphatic heterocycles. The summed E-state index contributed by atoms with van der Waals surface area (Å²) in [5.74, 6) is -1.18. The zero-order chi connectivity index (χ0) is 15.5. The number of halogens is 1. The minimum absolute atomic E-state index is 0.131. The number of carboxylic acid groups (broad SMARTS) is 1. The van der Waals surface area contributed by atoms with Gasteiger partial charge in [0, 0.05) is 16.6 Å². The molecule has 0 saturated carbocycles. The van der Waals surface area contributed by atoms with E-state index in [0.29, 0.717) is 4.47 Å². The zero-order valence-corrected chi connectivity index (χ0v) is 12.2. The van der Waals surface area contributed by atoms with Crippen LogP contribution in [0.2, 0.25) is 0 Å². The van der Waals surface area contributed by atoms with Gasteiger partial charge in [-0.2, -0.15) is 0 Å². The highest BCUT2D eigenvalue weighted by molar-refractivity contribution is 9.10. The molecule has 1 aromatic rings. The van der Waals surface area contributed by atoms with E-state index in [4.69, 9.17) is 5.11 Å². The van der Waals surface area contributed by atoms with E-state index in [1.54, 1.807) is 0 Å². The molecule has 0 fully saturated rings. The smallest absolute Gasteiger partial charge is 0.328 e. The topological polar surface area (TPSA) is 122 Å². The van der Waals surface area contributed by atoms with E-state index in [2.05, 4.69) is 26.6 Å². The van der Waals surface area contributed by atoms with Crippen LogP contribution in [0.4, 0.5) is 16.2 Å². The fraction of sp³-hybridized carbons (Fsp3) is 0.273. The number of nitro benzene ring substituents is 1. The summed E-state index contributed by atoms with van der Waals surface area (Å²) in [6.45, 7) is 2.67. The first kappa shape index (κ1) is 15.9. The van der Waals surface area contributed by atoms with Crippen LogP contribution in [-0.4, -0.2) is 27.6 Å². The zero-order valence-electron chi connectivity index (χ0n) is 10.6. The molecule has 1 rings (SSSR count). The van der Waals surface area contributed by atoms with Crippen LogP contribution in [-0.2, 0) is 4.79 Å². The first-order valence-corrected chi connectivity index (χ1v) is 6.19. The molecule has 0 aliphatic carbocycles. The van der Waals surface area contributed by atoms with Crippen LogP contribution in [0.3, 0.4) is 0 Å². The Kier molecular flexibility index (Phi) is 4.66. The largest absolute Gasteiger partial charge is 0.480 e. The third kappa shape index (κ3) is 3.92. The molecule has 0 atom stereocenters. The first-order valence-electron chi connectivity index (χ1n) is 5.40. The lowest BCUT2D eigenvalue weighted by Crippen LogP contribution is -2.51. The van der Waals surface area contributed by atoms with E-state index in [-0.39, 0.29) is 11.4 Å². The summed E-state index contributed by atoms with van der Waals surface area (Å²) in [5, 5.41) is 24.1. The molecular formula is C11H12BrN3O5. The van der Waals surface area contributed by atoms with Crippen molar-refractivity contribution in [1.29, 1.82) is 0 Å². The van der Waals surface area contributed by atoms with Crippen LogP contribution >= 0.6 is 15.9 Å².